The molecule has 1 aliphatic rings. The number of nitro groups is 1. The first-order chi connectivity index (χ1) is 10.4. The van der Waals surface area contributed by atoms with Gasteiger partial charge in [0.05, 0.1) is 16.8 Å². The van der Waals surface area contributed by atoms with Crippen LogP contribution < -0.4 is 0 Å². The van der Waals surface area contributed by atoms with Gasteiger partial charge >= 0.3 is 5.72 Å². The molecule has 7 nitrogen and oxygen atoms in total. The van der Waals surface area contributed by atoms with Crippen molar-refractivity contribution < 1.29 is 24.7 Å². The molecular weight excluding hydrogens is 314 g/mol. The van der Waals surface area contributed by atoms with Gasteiger partial charge in [-0.2, -0.15) is 0 Å². The third-order valence-corrected chi connectivity index (χ3v) is 3.78. The Morgan fingerprint density at radius 3 is 2.59 bits per heavy atom. The molecule has 0 aliphatic heterocycles. The van der Waals surface area contributed by atoms with Crippen LogP contribution in [0.15, 0.2) is 42.2 Å². The molecule has 116 valence electrons. The zero-order valence-corrected chi connectivity index (χ0v) is 12.1. The third-order valence-electron chi connectivity index (χ3n) is 3.45. The number of hydrogen-bond donors (Lipinski definition) is 2. The maximum Gasteiger partial charge on any atom is 0.378 e. The van der Waals surface area contributed by atoms with Crippen LogP contribution in [0.2, 0.25) is 5.02 Å². The van der Waals surface area contributed by atoms with Gasteiger partial charge in [0.2, 0.25) is 11.9 Å². The van der Waals surface area contributed by atoms with Crippen molar-refractivity contribution in [1.82, 2.24) is 0 Å². The lowest BCUT2D eigenvalue weighted by molar-refractivity contribution is -0.620. The molecule has 0 saturated heterocycles. The molecule has 0 saturated carbocycles. The predicted molar refractivity (Wildman–Crippen MR) is 77.9 cm³/mol. The van der Waals surface area contributed by atoms with Gasteiger partial charge in [-0.15, -0.1) is 0 Å². The number of benzene rings is 1. The van der Waals surface area contributed by atoms with Crippen LogP contribution in [0, 0.1) is 10.1 Å². The summed E-state index contributed by atoms with van der Waals surface area (Å²) in [6, 6.07) is 6.32. The first kappa shape index (κ1) is 16.2. The zero-order chi connectivity index (χ0) is 16.5. The number of aliphatic hydroxyl groups excluding tert-OH is 2. The highest BCUT2D eigenvalue weighted by Crippen LogP contribution is 2.38. The Bertz CT molecular complexity index is 698. The van der Waals surface area contributed by atoms with Crippen molar-refractivity contribution in [3.05, 3.63) is 62.9 Å². The maximum atomic E-state index is 12.2. The van der Waals surface area contributed by atoms with Crippen molar-refractivity contribution >= 4 is 23.0 Å². The number of methoxy groups -OCH3 is 1. The highest BCUT2D eigenvalue weighted by Gasteiger charge is 2.57. The van der Waals surface area contributed by atoms with Crippen molar-refractivity contribution in [2.45, 2.75) is 11.8 Å². The number of rotatable bonds is 3. The summed E-state index contributed by atoms with van der Waals surface area (Å²) in [5.41, 5.74) is -2.41. The van der Waals surface area contributed by atoms with E-state index in [1.807, 2.05) is 0 Å². The summed E-state index contributed by atoms with van der Waals surface area (Å²) >= 11 is 6.05. The summed E-state index contributed by atoms with van der Waals surface area (Å²) in [5, 5.41) is 30.8. The molecule has 0 heterocycles. The molecule has 0 bridgehead atoms. The fourth-order valence-corrected chi connectivity index (χ4v) is 2.50. The van der Waals surface area contributed by atoms with E-state index in [9.17, 15) is 25.1 Å². The Hall–Kier alpha value is -2.22. The van der Waals surface area contributed by atoms with Crippen molar-refractivity contribution in [3.8, 4) is 0 Å². The number of Topliss-reactive ketones (excluding diaryl/α,β-unsaturated/α-hetero) is 1. The van der Waals surface area contributed by atoms with Gasteiger partial charge in [0.15, 0.2) is 0 Å². The Kier molecular flexibility index (Phi) is 4.32. The van der Waals surface area contributed by atoms with E-state index in [2.05, 4.69) is 0 Å². The van der Waals surface area contributed by atoms with Crippen LogP contribution in [0.25, 0.3) is 5.57 Å². The number of aliphatic hydroxyl groups is 2. The molecule has 2 N–H and O–H groups in total. The van der Waals surface area contributed by atoms with E-state index in [-0.39, 0.29) is 16.2 Å². The Balaban J connectivity index is 2.78. The molecule has 2 rings (SSSR count). The summed E-state index contributed by atoms with van der Waals surface area (Å²) < 4.78 is 4.81. The summed E-state index contributed by atoms with van der Waals surface area (Å²) in [4.78, 5) is 22.6. The molecule has 22 heavy (non-hydrogen) atoms. The van der Waals surface area contributed by atoms with E-state index in [4.69, 9.17) is 16.3 Å². The fraction of sp³-hybridized carbons (Fsp3) is 0.214. The number of carbonyl (C=O) groups excluding carboxylic acids is 1. The van der Waals surface area contributed by atoms with Gasteiger partial charge in [-0.3, -0.25) is 14.9 Å². The van der Waals surface area contributed by atoms with Gasteiger partial charge in [-0.25, -0.2) is 0 Å². The second-order valence-corrected chi connectivity index (χ2v) is 4.97. The molecule has 8 heteroatoms. The number of hydrogen-bond acceptors (Lipinski definition) is 6. The molecule has 0 fully saturated rings. The number of nitrogens with zero attached hydrogens (tertiary/aromatic N) is 1. The monoisotopic (exact) mass is 325 g/mol. The van der Waals surface area contributed by atoms with Crippen LogP contribution >= 0.6 is 11.6 Å². The standard InChI is InChI=1S/C14H12ClNO6/c1-22-14(16(20)21)6-9(8-4-2-3-5-11(8)15)10(7-17)12(18)13(14)19/h2-7,13,17,19H,1H3. The highest BCUT2D eigenvalue weighted by atomic mass is 35.5. The number of halogens is 1. The lowest BCUT2D eigenvalue weighted by atomic mass is 9.82. The largest absolute Gasteiger partial charge is 0.515 e. The van der Waals surface area contributed by atoms with Crippen molar-refractivity contribution in [3.63, 3.8) is 0 Å². The third kappa shape index (κ3) is 2.29. The highest BCUT2D eigenvalue weighted by molar-refractivity contribution is 6.33. The van der Waals surface area contributed by atoms with Gasteiger partial charge in [-0.05, 0) is 6.07 Å². The number of ketones is 1. The Morgan fingerprint density at radius 2 is 2.09 bits per heavy atom. The van der Waals surface area contributed by atoms with Crippen molar-refractivity contribution in [2.24, 2.45) is 0 Å². The average molecular weight is 326 g/mol. The van der Waals surface area contributed by atoms with Crippen LogP contribution in [0.3, 0.4) is 0 Å². The Morgan fingerprint density at radius 1 is 1.45 bits per heavy atom. The first-order valence-electron chi connectivity index (χ1n) is 6.13. The van der Waals surface area contributed by atoms with Crippen LogP contribution in [0.4, 0.5) is 0 Å². The van der Waals surface area contributed by atoms with Gasteiger partial charge < -0.3 is 14.9 Å². The first-order valence-corrected chi connectivity index (χ1v) is 6.51. The fourth-order valence-electron chi connectivity index (χ4n) is 2.26. The molecule has 0 amide bonds. The number of allylic oxidation sites excluding steroid dienone is 1. The minimum absolute atomic E-state index is 0.0157. The molecule has 1 aromatic carbocycles. The number of ether oxygens (including phenoxy) is 1. The Labute approximate surface area is 130 Å². The second-order valence-electron chi connectivity index (χ2n) is 4.56. The van der Waals surface area contributed by atoms with E-state index in [1.165, 1.54) is 12.1 Å². The van der Waals surface area contributed by atoms with Gasteiger partial charge in [0.25, 0.3) is 0 Å². The maximum absolute atomic E-state index is 12.2. The van der Waals surface area contributed by atoms with Crippen LogP contribution in [-0.4, -0.2) is 39.9 Å². The van der Waals surface area contributed by atoms with Gasteiger partial charge in [0.1, 0.15) is 0 Å². The van der Waals surface area contributed by atoms with Crippen molar-refractivity contribution in [1.29, 1.82) is 0 Å². The normalized spacial score (nSPS) is 26.9. The quantitative estimate of drug-likeness (QED) is 0.288. The topological polar surface area (TPSA) is 110 Å². The van der Waals surface area contributed by atoms with Gasteiger partial charge in [0, 0.05) is 29.3 Å². The van der Waals surface area contributed by atoms with E-state index >= 15 is 0 Å². The SMILES string of the molecule is COC1([N+](=O)[O-])C=C(c2ccccc2Cl)C(=CO)C(=O)C1O. The van der Waals surface area contributed by atoms with Gasteiger partial charge in [-0.1, -0.05) is 29.8 Å². The summed E-state index contributed by atoms with van der Waals surface area (Å²) in [7, 11) is 1.01. The molecule has 2 atom stereocenters. The second kappa shape index (κ2) is 5.88. The summed E-state index contributed by atoms with van der Waals surface area (Å²) in [5.74, 6) is -1.03. The van der Waals surface area contributed by atoms with Crippen molar-refractivity contribution in [2.75, 3.05) is 7.11 Å². The summed E-state index contributed by atoms with van der Waals surface area (Å²) in [6.07, 6.45) is -0.625. The zero-order valence-electron chi connectivity index (χ0n) is 11.4. The molecule has 1 aromatic rings. The molecule has 0 aromatic heterocycles. The van der Waals surface area contributed by atoms with Crippen LogP contribution in [0.5, 0.6) is 0 Å². The minimum atomic E-state index is -2.45. The van der Waals surface area contributed by atoms with E-state index in [0.717, 1.165) is 13.2 Å². The summed E-state index contributed by atoms with van der Waals surface area (Å²) in [6.45, 7) is 0. The molecule has 2 unspecified atom stereocenters. The van der Waals surface area contributed by atoms with E-state index < -0.39 is 22.5 Å². The smallest absolute Gasteiger partial charge is 0.378 e. The molecule has 0 radical (unpaired) electrons. The van der Waals surface area contributed by atoms with Crippen LogP contribution in [0.1, 0.15) is 5.56 Å². The molecule has 0 spiro atoms. The molecular formula is C14H12ClNO6. The average Bonchev–Trinajstić information content (AvgIpc) is 2.50. The lowest BCUT2D eigenvalue weighted by Gasteiger charge is -2.30. The molecule has 1 aliphatic carbocycles. The van der Waals surface area contributed by atoms with E-state index in [1.54, 1.807) is 12.1 Å². The minimum Gasteiger partial charge on any atom is -0.515 e. The predicted octanol–water partition coefficient (Wildman–Crippen LogP) is 1.73. The lowest BCUT2D eigenvalue weighted by Crippen LogP contribution is -2.55. The number of carbonyl (C=O) groups is 1. The van der Waals surface area contributed by atoms with E-state index in [0.29, 0.717) is 11.8 Å². The van der Waals surface area contributed by atoms with Crippen LogP contribution in [-0.2, 0) is 9.53 Å².